The van der Waals surface area contributed by atoms with Gasteiger partial charge in [0.05, 0.1) is 28.1 Å². The van der Waals surface area contributed by atoms with E-state index in [0.29, 0.717) is 27.9 Å². The maximum absolute atomic E-state index is 13.8. The molecule has 9 nitrogen and oxygen atoms in total. The highest BCUT2D eigenvalue weighted by Crippen LogP contribution is 2.52. The van der Waals surface area contributed by atoms with Crippen molar-refractivity contribution in [3.63, 3.8) is 0 Å². The lowest BCUT2D eigenvalue weighted by Crippen LogP contribution is -2.29. The Morgan fingerprint density at radius 1 is 1.10 bits per heavy atom. The van der Waals surface area contributed by atoms with E-state index in [1.165, 1.54) is 33.3 Å². The highest BCUT2D eigenvalue weighted by molar-refractivity contribution is 7.62. The van der Waals surface area contributed by atoms with E-state index in [0.717, 1.165) is 6.07 Å². The third-order valence-electron chi connectivity index (χ3n) is 6.32. The van der Waals surface area contributed by atoms with Crippen LogP contribution in [0, 0.1) is 13.8 Å². The van der Waals surface area contributed by atoms with Gasteiger partial charge in [0, 0.05) is 19.6 Å². The molecule has 0 radical (unpaired) electrons. The van der Waals surface area contributed by atoms with E-state index in [1.807, 2.05) is 20.8 Å². The highest BCUT2D eigenvalue weighted by Gasteiger charge is 2.39. The summed E-state index contributed by atoms with van der Waals surface area (Å²) in [5.41, 5.74) is -0.330. The monoisotopic (exact) mass is 568 g/mol. The van der Waals surface area contributed by atoms with E-state index in [-0.39, 0.29) is 22.4 Å². The summed E-state index contributed by atoms with van der Waals surface area (Å²) in [7, 11) is -1.68. The highest BCUT2D eigenvalue weighted by atomic mass is 31.2. The smallest absolute Gasteiger partial charge is 0.416 e. The second kappa shape index (κ2) is 10.7. The molecular weight excluding hydrogens is 536 g/mol. The van der Waals surface area contributed by atoms with Crippen LogP contribution in [0.1, 0.15) is 61.8 Å². The molecule has 3 rings (SSSR count). The van der Waals surface area contributed by atoms with Gasteiger partial charge in [-0.3, -0.25) is 9.88 Å². The zero-order valence-corrected chi connectivity index (χ0v) is 23.8. The summed E-state index contributed by atoms with van der Waals surface area (Å²) in [6.45, 7) is 10.2. The number of carboxylic acid groups (broad SMARTS) is 1. The molecule has 212 valence electrons. The molecule has 3 N–H and O–H groups in total. The maximum atomic E-state index is 13.8. The lowest BCUT2D eigenvalue weighted by atomic mass is 9.83. The van der Waals surface area contributed by atoms with Crippen molar-refractivity contribution >= 4 is 41.4 Å². The first-order valence-corrected chi connectivity index (χ1v) is 13.5. The Labute approximate surface area is 224 Å². The number of carbonyl (C=O) groups is 1. The molecule has 0 fully saturated rings. The van der Waals surface area contributed by atoms with Gasteiger partial charge in [-0.05, 0) is 55.0 Å². The summed E-state index contributed by atoms with van der Waals surface area (Å²) >= 11 is 0. The Morgan fingerprint density at radius 3 is 2.23 bits per heavy atom. The van der Waals surface area contributed by atoms with Gasteiger partial charge in [0.1, 0.15) is 11.6 Å². The van der Waals surface area contributed by atoms with Gasteiger partial charge in [-0.1, -0.05) is 32.9 Å². The number of hydrogen-bond acceptors (Lipinski definition) is 7. The van der Waals surface area contributed by atoms with Crippen LogP contribution < -0.4 is 15.9 Å². The van der Waals surface area contributed by atoms with Crippen molar-refractivity contribution in [3.8, 4) is 0 Å². The molecule has 1 atom stereocenters. The SMILES string of the molecule is COP(=O)(OC)c1c(NC(=O)O)cc2nc(C)nc(N[C@H](C)c3cccc(C(F)(F)F)c3C)c2c1C(C)(C)C. The van der Waals surface area contributed by atoms with Gasteiger partial charge in [0.25, 0.3) is 0 Å². The minimum Gasteiger partial charge on any atom is -0.465 e. The predicted octanol–water partition coefficient (Wildman–Crippen LogP) is 6.94. The molecule has 0 spiro atoms. The number of hydrogen-bond donors (Lipinski definition) is 3. The molecular formula is C26H32F3N4O5P. The standard InChI is InChI=1S/C26H32F3N4O5P/c1-13-16(10-9-11-17(13)26(27,28)29)14(2)30-23-20-18(31-15(3)32-23)12-19(33-24(34)35)22(21(20)25(4,5)6)39(36,37-7)38-8/h9-12,14,33H,1-8H3,(H,34,35)(H,30,31,32)/t14-/m1/s1. The first-order chi connectivity index (χ1) is 17.9. The van der Waals surface area contributed by atoms with Crippen molar-refractivity contribution < 1.29 is 36.7 Å². The van der Waals surface area contributed by atoms with Crippen molar-refractivity contribution in [3.05, 3.63) is 52.3 Å². The number of benzene rings is 2. The topological polar surface area (TPSA) is 123 Å². The van der Waals surface area contributed by atoms with Crippen molar-refractivity contribution in [2.45, 2.75) is 59.2 Å². The number of aromatic nitrogens is 2. The zero-order valence-electron chi connectivity index (χ0n) is 22.9. The van der Waals surface area contributed by atoms with E-state index in [4.69, 9.17) is 9.05 Å². The number of nitrogens with zero attached hydrogens (tertiary/aromatic N) is 2. The van der Waals surface area contributed by atoms with Crippen molar-refractivity contribution in [1.29, 1.82) is 0 Å². The molecule has 0 bridgehead atoms. The maximum Gasteiger partial charge on any atom is 0.416 e. The Bertz CT molecular complexity index is 1460. The average molecular weight is 569 g/mol. The number of halogens is 3. The molecule has 2 aromatic carbocycles. The van der Waals surface area contributed by atoms with E-state index >= 15 is 0 Å². The minimum atomic E-state index is -4.51. The minimum absolute atomic E-state index is 0.00620. The predicted molar refractivity (Wildman–Crippen MR) is 144 cm³/mol. The molecule has 3 aromatic rings. The van der Waals surface area contributed by atoms with Gasteiger partial charge >= 0.3 is 19.9 Å². The number of fused-ring (bicyclic) bond motifs is 1. The molecule has 0 aliphatic carbocycles. The van der Waals surface area contributed by atoms with E-state index in [9.17, 15) is 27.6 Å². The van der Waals surface area contributed by atoms with Crippen LogP contribution in [0.15, 0.2) is 24.3 Å². The molecule has 1 aromatic heterocycles. The fourth-order valence-corrected chi connectivity index (χ4v) is 6.35. The van der Waals surface area contributed by atoms with Gasteiger partial charge in [-0.15, -0.1) is 0 Å². The molecule has 39 heavy (non-hydrogen) atoms. The summed E-state index contributed by atoms with van der Waals surface area (Å²) in [6.07, 6.45) is -5.91. The Hall–Kier alpha value is -3.21. The molecule has 0 saturated heterocycles. The van der Waals surface area contributed by atoms with Gasteiger partial charge in [-0.25, -0.2) is 14.8 Å². The molecule has 13 heteroatoms. The number of nitrogens with one attached hydrogen (secondary N) is 2. The normalized spacial score (nSPS) is 13.4. The largest absolute Gasteiger partial charge is 0.465 e. The molecule has 1 amide bonds. The van der Waals surface area contributed by atoms with Gasteiger partial charge in [-0.2, -0.15) is 13.2 Å². The van der Waals surface area contributed by atoms with Gasteiger partial charge < -0.3 is 19.5 Å². The summed E-state index contributed by atoms with van der Waals surface area (Å²) in [4.78, 5) is 20.7. The molecule has 1 heterocycles. The van der Waals surface area contributed by atoms with Gasteiger partial charge in [0.15, 0.2) is 0 Å². The van der Waals surface area contributed by atoms with Crippen molar-refractivity contribution in [2.24, 2.45) is 0 Å². The van der Waals surface area contributed by atoms with Crippen LogP contribution in [-0.2, 0) is 25.2 Å². The zero-order chi connectivity index (χ0) is 29.5. The summed E-state index contributed by atoms with van der Waals surface area (Å²) in [5.74, 6) is 0.599. The fraction of sp³-hybridized carbons (Fsp3) is 0.423. The fourth-order valence-electron chi connectivity index (χ4n) is 4.70. The van der Waals surface area contributed by atoms with Crippen LogP contribution in [0.25, 0.3) is 10.9 Å². The van der Waals surface area contributed by atoms with Crippen LogP contribution in [0.2, 0.25) is 0 Å². The van der Waals surface area contributed by atoms with Gasteiger partial charge in [0.2, 0.25) is 0 Å². The summed E-state index contributed by atoms with van der Waals surface area (Å²) in [6, 6.07) is 4.77. The second-order valence-corrected chi connectivity index (χ2v) is 12.3. The number of aryl methyl sites for hydroxylation is 1. The number of alkyl halides is 3. The third kappa shape index (κ3) is 6.03. The lowest BCUT2D eigenvalue weighted by molar-refractivity contribution is -0.138. The summed E-state index contributed by atoms with van der Waals surface area (Å²) in [5, 5.41) is 15.4. The van der Waals surface area contributed by atoms with Crippen LogP contribution in [0.5, 0.6) is 0 Å². The molecule has 0 aliphatic heterocycles. The lowest BCUT2D eigenvalue weighted by Gasteiger charge is -2.30. The third-order valence-corrected chi connectivity index (χ3v) is 8.29. The van der Waals surface area contributed by atoms with Crippen LogP contribution in [0.3, 0.4) is 0 Å². The Balaban J connectivity index is 2.40. The first kappa shape index (κ1) is 30.3. The second-order valence-electron chi connectivity index (χ2n) is 10.1. The van der Waals surface area contributed by atoms with Crippen molar-refractivity contribution in [1.82, 2.24) is 9.97 Å². The van der Waals surface area contributed by atoms with Crippen molar-refractivity contribution in [2.75, 3.05) is 24.9 Å². The van der Waals surface area contributed by atoms with Crippen LogP contribution in [-0.4, -0.2) is 35.4 Å². The number of anilines is 2. The summed E-state index contributed by atoms with van der Waals surface area (Å²) < 4.78 is 65.1. The average Bonchev–Trinajstić information content (AvgIpc) is 2.80. The van der Waals surface area contributed by atoms with E-state index < -0.39 is 36.9 Å². The molecule has 0 aliphatic rings. The molecule has 0 unspecified atom stereocenters. The first-order valence-electron chi connectivity index (χ1n) is 12.0. The number of amides is 1. The van der Waals surface area contributed by atoms with Crippen LogP contribution >= 0.6 is 7.60 Å². The van der Waals surface area contributed by atoms with E-state index in [2.05, 4.69) is 20.6 Å². The Kier molecular flexibility index (Phi) is 8.36. The van der Waals surface area contributed by atoms with E-state index in [1.54, 1.807) is 19.9 Å². The quantitative estimate of drug-likeness (QED) is 0.262. The Morgan fingerprint density at radius 2 is 1.72 bits per heavy atom. The number of rotatable bonds is 7. The van der Waals surface area contributed by atoms with Crippen LogP contribution in [0.4, 0.5) is 29.5 Å². The molecule has 0 saturated carbocycles.